The van der Waals surface area contributed by atoms with Gasteiger partial charge in [-0.05, 0) is 31.5 Å². The highest BCUT2D eigenvalue weighted by atomic mass is 19.1. The number of hydrogen-bond acceptors (Lipinski definition) is 2. The summed E-state index contributed by atoms with van der Waals surface area (Å²) in [6.07, 6.45) is 0. The molecule has 0 saturated carbocycles. The van der Waals surface area contributed by atoms with E-state index in [0.29, 0.717) is 12.2 Å². The molecule has 0 unspecified atom stereocenters. The highest BCUT2D eigenvalue weighted by Crippen LogP contribution is 2.23. The monoisotopic (exact) mass is 259 g/mol. The van der Waals surface area contributed by atoms with E-state index in [1.54, 1.807) is 13.2 Å². The SMILES string of the molecule is COc1ccc(C)cc1CNc1c(C)cccc1F. The number of methoxy groups -OCH3 is 1. The van der Waals surface area contributed by atoms with E-state index in [1.165, 1.54) is 6.07 Å². The predicted molar refractivity (Wildman–Crippen MR) is 76.2 cm³/mol. The third-order valence-electron chi connectivity index (χ3n) is 3.11. The summed E-state index contributed by atoms with van der Waals surface area (Å²) < 4.78 is 19.0. The summed E-state index contributed by atoms with van der Waals surface area (Å²) in [6.45, 7) is 4.45. The lowest BCUT2D eigenvalue weighted by molar-refractivity contribution is 0.410. The summed E-state index contributed by atoms with van der Waals surface area (Å²) in [5.74, 6) is 0.582. The van der Waals surface area contributed by atoms with Crippen LogP contribution < -0.4 is 10.1 Å². The topological polar surface area (TPSA) is 21.3 Å². The van der Waals surface area contributed by atoms with E-state index >= 15 is 0 Å². The van der Waals surface area contributed by atoms with Crippen molar-refractivity contribution in [3.8, 4) is 5.75 Å². The largest absolute Gasteiger partial charge is 0.496 e. The minimum absolute atomic E-state index is 0.230. The molecule has 0 atom stereocenters. The second-order valence-electron chi connectivity index (χ2n) is 4.60. The summed E-state index contributed by atoms with van der Waals surface area (Å²) in [6, 6.07) is 11.0. The fourth-order valence-corrected chi connectivity index (χ4v) is 2.08. The molecule has 0 aliphatic carbocycles. The van der Waals surface area contributed by atoms with Gasteiger partial charge >= 0.3 is 0 Å². The third-order valence-corrected chi connectivity index (χ3v) is 3.11. The Bertz CT molecular complexity index is 561. The van der Waals surface area contributed by atoms with Crippen molar-refractivity contribution in [2.24, 2.45) is 0 Å². The summed E-state index contributed by atoms with van der Waals surface area (Å²) in [5.41, 5.74) is 3.62. The van der Waals surface area contributed by atoms with Gasteiger partial charge in [0.15, 0.2) is 0 Å². The Morgan fingerprint density at radius 3 is 2.63 bits per heavy atom. The van der Waals surface area contributed by atoms with Gasteiger partial charge in [0.2, 0.25) is 0 Å². The quantitative estimate of drug-likeness (QED) is 0.894. The number of halogens is 1. The Kier molecular flexibility index (Phi) is 4.05. The molecule has 0 radical (unpaired) electrons. The molecule has 0 aliphatic rings. The first-order valence-corrected chi connectivity index (χ1v) is 6.24. The van der Waals surface area contributed by atoms with Crippen LogP contribution in [0.15, 0.2) is 36.4 Å². The third kappa shape index (κ3) is 3.05. The van der Waals surface area contributed by atoms with Gasteiger partial charge in [-0.3, -0.25) is 0 Å². The second-order valence-corrected chi connectivity index (χ2v) is 4.60. The lowest BCUT2D eigenvalue weighted by Crippen LogP contribution is -2.05. The average molecular weight is 259 g/mol. The van der Waals surface area contributed by atoms with Gasteiger partial charge in [0, 0.05) is 12.1 Å². The van der Waals surface area contributed by atoms with Crippen LogP contribution in [0.3, 0.4) is 0 Å². The summed E-state index contributed by atoms with van der Waals surface area (Å²) in [4.78, 5) is 0. The second kappa shape index (κ2) is 5.74. The number of aryl methyl sites for hydroxylation is 2. The van der Waals surface area contributed by atoms with Crippen molar-refractivity contribution in [2.45, 2.75) is 20.4 Å². The Labute approximate surface area is 113 Å². The number of benzene rings is 2. The summed E-state index contributed by atoms with van der Waals surface area (Å²) in [7, 11) is 1.64. The highest BCUT2D eigenvalue weighted by Gasteiger charge is 2.07. The molecule has 0 fully saturated rings. The van der Waals surface area contributed by atoms with E-state index in [1.807, 2.05) is 38.1 Å². The molecule has 1 N–H and O–H groups in total. The van der Waals surface area contributed by atoms with Crippen LogP contribution in [0.25, 0.3) is 0 Å². The molecule has 19 heavy (non-hydrogen) atoms. The van der Waals surface area contributed by atoms with Crippen LogP contribution in [-0.2, 0) is 6.54 Å². The number of hydrogen-bond donors (Lipinski definition) is 1. The standard InChI is InChI=1S/C16H18FNO/c1-11-7-8-15(19-3)13(9-11)10-18-16-12(2)5-4-6-14(16)17/h4-9,18H,10H2,1-3H3. The lowest BCUT2D eigenvalue weighted by Gasteiger charge is -2.13. The van der Waals surface area contributed by atoms with Crippen molar-refractivity contribution in [3.05, 3.63) is 58.9 Å². The van der Waals surface area contributed by atoms with Gasteiger partial charge in [0.25, 0.3) is 0 Å². The molecule has 2 nitrogen and oxygen atoms in total. The van der Waals surface area contributed by atoms with Crippen LogP contribution in [0, 0.1) is 19.7 Å². The number of rotatable bonds is 4. The van der Waals surface area contributed by atoms with Gasteiger partial charge in [-0.15, -0.1) is 0 Å². The van der Waals surface area contributed by atoms with E-state index in [0.717, 1.165) is 22.4 Å². The summed E-state index contributed by atoms with van der Waals surface area (Å²) in [5, 5.41) is 3.14. The molecule has 0 amide bonds. The van der Waals surface area contributed by atoms with E-state index in [9.17, 15) is 4.39 Å². The maximum absolute atomic E-state index is 13.7. The number of anilines is 1. The Balaban J connectivity index is 2.21. The first-order valence-electron chi connectivity index (χ1n) is 6.24. The van der Waals surface area contributed by atoms with Crippen molar-refractivity contribution in [1.29, 1.82) is 0 Å². The fraction of sp³-hybridized carbons (Fsp3) is 0.250. The maximum Gasteiger partial charge on any atom is 0.146 e. The van der Waals surface area contributed by atoms with Gasteiger partial charge in [-0.1, -0.05) is 29.8 Å². The molecular formula is C16H18FNO. The molecule has 100 valence electrons. The lowest BCUT2D eigenvalue weighted by atomic mass is 10.1. The van der Waals surface area contributed by atoms with Crippen LogP contribution in [0.5, 0.6) is 5.75 Å². The summed E-state index contributed by atoms with van der Waals surface area (Å²) >= 11 is 0. The zero-order valence-corrected chi connectivity index (χ0v) is 11.5. The molecule has 2 rings (SSSR count). The molecular weight excluding hydrogens is 241 g/mol. The van der Waals surface area contributed by atoms with Gasteiger partial charge in [-0.25, -0.2) is 4.39 Å². The van der Waals surface area contributed by atoms with E-state index < -0.39 is 0 Å². The van der Waals surface area contributed by atoms with E-state index in [4.69, 9.17) is 4.74 Å². The van der Waals surface area contributed by atoms with Gasteiger partial charge in [0.05, 0.1) is 12.8 Å². The van der Waals surface area contributed by atoms with Crippen LogP contribution in [0.4, 0.5) is 10.1 Å². The first kappa shape index (κ1) is 13.4. The molecule has 0 spiro atoms. The Hall–Kier alpha value is -2.03. The van der Waals surface area contributed by atoms with Crippen LogP contribution >= 0.6 is 0 Å². The van der Waals surface area contributed by atoms with Crippen molar-refractivity contribution in [1.82, 2.24) is 0 Å². The molecule has 0 heterocycles. The van der Waals surface area contributed by atoms with Gasteiger partial charge in [-0.2, -0.15) is 0 Å². The zero-order valence-electron chi connectivity index (χ0n) is 11.5. The van der Waals surface area contributed by atoms with E-state index in [-0.39, 0.29) is 5.82 Å². The average Bonchev–Trinajstić information content (AvgIpc) is 2.38. The molecule has 0 aliphatic heterocycles. The Morgan fingerprint density at radius 1 is 1.16 bits per heavy atom. The number of ether oxygens (including phenoxy) is 1. The molecule has 0 aromatic heterocycles. The number of para-hydroxylation sites is 1. The normalized spacial score (nSPS) is 10.3. The van der Waals surface area contributed by atoms with Crippen molar-refractivity contribution in [2.75, 3.05) is 12.4 Å². The van der Waals surface area contributed by atoms with Crippen molar-refractivity contribution < 1.29 is 9.13 Å². The van der Waals surface area contributed by atoms with Crippen molar-refractivity contribution in [3.63, 3.8) is 0 Å². The maximum atomic E-state index is 13.7. The Morgan fingerprint density at radius 2 is 1.95 bits per heavy atom. The van der Waals surface area contributed by atoms with Gasteiger partial charge in [0.1, 0.15) is 11.6 Å². The zero-order chi connectivity index (χ0) is 13.8. The molecule has 3 heteroatoms. The fourth-order valence-electron chi connectivity index (χ4n) is 2.08. The van der Waals surface area contributed by atoms with E-state index in [2.05, 4.69) is 5.32 Å². The van der Waals surface area contributed by atoms with Gasteiger partial charge < -0.3 is 10.1 Å². The minimum atomic E-state index is -0.230. The minimum Gasteiger partial charge on any atom is -0.496 e. The molecule has 0 bridgehead atoms. The van der Waals surface area contributed by atoms with Crippen LogP contribution in [-0.4, -0.2) is 7.11 Å². The smallest absolute Gasteiger partial charge is 0.146 e. The molecule has 0 saturated heterocycles. The van der Waals surface area contributed by atoms with Crippen LogP contribution in [0.2, 0.25) is 0 Å². The molecule has 2 aromatic carbocycles. The molecule has 2 aromatic rings. The predicted octanol–water partition coefficient (Wildman–Crippen LogP) is 4.06. The first-order chi connectivity index (χ1) is 9.11. The van der Waals surface area contributed by atoms with Crippen LogP contribution in [0.1, 0.15) is 16.7 Å². The van der Waals surface area contributed by atoms with Crippen molar-refractivity contribution >= 4 is 5.69 Å². The highest BCUT2D eigenvalue weighted by molar-refractivity contribution is 5.52. The number of nitrogens with one attached hydrogen (secondary N) is 1.